The van der Waals surface area contributed by atoms with Crippen LogP contribution in [-0.2, 0) is 18.9 Å². The average molecular weight is 293 g/mol. The molecule has 116 valence electrons. The third kappa shape index (κ3) is 3.78. The molecule has 0 unspecified atom stereocenters. The quantitative estimate of drug-likeness (QED) is 0.230. The number of hydrogen-bond donors (Lipinski definition) is 3. The van der Waals surface area contributed by atoms with Crippen LogP contribution < -0.4 is 0 Å². The van der Waals surface area contributed by atoms with E-state index in [1.807, 2.05) is 0 Å². The van der Waals surface area contributed by atoms with E-state index in [0.29, 0.717) is 0 Å². The van der Waals surface area contributed by atoms with E-state index >= 15 is 0 Å². The van der Waals surface area contributed by atoms with E-state index < -0.39 is 36.6 Å². The molecule has 0 aliphatic heterocycles. The largest absolute Gasteiger partial charge is 0.390 e. The number of methoxy groups -OCH3 is 2. The summed E-state index contributed by atoms with van der Waals surface area (Å²) >= 11 is 0. The summed E-state index contributed by atoms with van der Waals surface area (Å²) in [6, 6.07) is -1.25. The Morgan fingerprint density at radius 2 is 1.45 bits per heavy atom. The fourth-order valence-corrected chi connectivity index (χ4v) is 2.06. The van der Waals surface area contributed by atoms with Gasteiger partial charge in [0, 0.05) is 19.1 Å². The molecule has 6 atom stereocenters. The lowest BCUT2D eigenvalue weighted by Gasteiger charge is -2.43. The van der Waals surface area contributed by atoms with Crippen molar-refractivity contribution in [1.82, 2.24) is 0 Å². The van der Waals surface area contributed by atoms with Crippen LogP contribution in [0.25, 0.3) is 10.4 Å². The number of rotatable bonds is 7. The smallest absolute Gasteiger partial charge is 0.146 e. The number of aliphatic hydroxyl groups excluding tert-OH is 3. The predicted octanol–water partition coefficient (Wildman–Crippen LogP) is -1.26. The lowest BCUT2D eigenvalue weighted by atomic mass is 9.83. The topological polar surface area (TPSA) is 146 Å². The first kappa shape index (κ1) is 17.1. The Bertz CT molecular complexity index is 339. The standard InChI is InChI=1S/C10H19N3O7/c1-17-3-19-9-7(15)5(12-13-11)6(14)8(16)10(9)20-4-18-2/h5-10,14-16H,3-4H2,1-2H3/t5-,6-,7-,8-,9+,10+/m0/s1. The molecule has 1 rings (SSSR count). The molecule has 3 N–H and O–H groups in total. The molecule has 20 heavy (non-hydrogen) atoms. The van der Waals surface area contributed by atoms with Crippen molar-refractivity contribution in [3.05, 3.63) is 10.4 Å². The molecule has 0 spiro atoms. The SMILES string of the molecule is COCO[C@@H]1[C@@H](O)[C@@H](O)[C@H](N=[N+]=[N-])[C@H](O)[C@H]1OCOC. The molecule has 0 amide bonds. The second kappa shape index (κ2) is 8.35. The maximum atomic E-state index is 10.1. The van der Waals surface area contributed by atoms with E-state index in [2.05, 4.69) is 10.0 Å². The normalized spacial score (nSPS) is 37.5. The van der Waals surface area contributed by atoms with Crippen molar-refractivity contribution in [3.63, 3.8) is 0 Å². The number of ether oxygens (including phenoxy) is 4. The molecule has 1 fully saturated rings. The molecule has 0 heterocycles. The summed E-state index contributed by atoms with van der Waals surface area (Å²) in [5.74, 6) is 0. The molecule has 0 aromatic rings. The highest BCUT2D eigenvalue weighted by Crippen LogP contribution is 2.28. The van der Waals surface area contributed by atoms with Crippen LogP contribution in [0.4, 0.5) is 0 Å². The van der Waals surface area contributed by atoms with Crippen LogP contribution in [0.15, 0.2) is 5.11 Å². The molecule has 0 aromatic carbocycles. The third-order valence-electron chi connectivity index (χ3n) is 2.99. The van der Waals surface area contributed by atoms with Gasteiger partial charge in [-0.15, -0.1) is 0 Å². The van der Waals surface area contributed by atoms with Gasteiger partial charge >= 0.3 is 0 Å². The summed E-state index contributed by atoms with van der Waals surface area (Å²) < 4.78 is 19.9. The van der Waals surface area contributed by atoms with E-state index in [1.165, 1.54) is 14.2 Å². The van der Waals surface area contributed by atoms with Crippen LogP contribution in [0.5, 0.6) is 0 Å². The van der Waals surface area contributed by atoms with Gasteiger partial charge in [-0.05, 0) is 5.53 Å². The average Bonchev–Trinajstić information content (AvgIpc) is 2.45. The van der Waals surface area contributed by atoms with Gasteiger partial charge in [0.15, 0.2) is 0 Å². The first-order valence-electron chi connectivity index (χ1n) is 5.88. The molecule has 0 aromatic heterocycles. The van der Waals surface area contributed by atoms with Gasteiger partial charge in [0.2, 0.25) is 0 Å². The number of nitrogens with zero attached hydrogens (tertiary/aromatic N) is 3. The molecule has 0 radical (unpaired) electrons. The molecular weight excluding hydrogens is 274 g/mol. The van der Waals surface area contributed by atoms with Gasteiger partial charge in [0.1, 0.15) is 31.9 Å². The highest BCUT2D eigenvalue weighted by molar-refractivity contribution is 5.03. The van der Waals surface area contributed by atoms with Crippen molar-refractivity contribution in [2.75, 3.05) is 27.8 Å². The van der Waals surface area contributed by atoms with Gasteiger partial charge in [-0.3, -0.25) is 0 Å². The minimum Gasteiger partial charge on any atom is -0.390 e. The van der Waals surface area contributed by atoms with Crippen LogP contribution >= 0.6 is 0 Å². The van der Waals surface area contributed by atoms with Crippen LogP contribution in [0.2, 0.25) is 0 Å². The molecule has 0 bridgehead atoms. The lowest BCUT2D eigenvalue weighted by molar-refractivity contribution is -0.249. The maximum Gasteiger partial charge on any atom is 0.146 e. The van der Waals surface area contributed by atoms with Gasteiger partial charge < -0.3 is 34.3 Å². The van der Waals surface area contributed by atoms with Crippen LogP contribution in [0, 0.1) is 0 Å². The molecule has 1 aliphatic carbocycles. The minimum absolute atomic E-state index is 0.166. The lowest BCUT2D eigenvalue weighted by Crippen LogP contribution is -2.64. The summed E-state index contributed by atoms with van der Waals surface area (Å²) in [4.78, 5) is 2.54. The minimum atomic E-state index is -1.48. The first-order valence-corrected chi connectivity index (χ1v) is 5.88. The van der Waals surface area contributed by atoms with E-state index in [-0.39, 0.29) is 13.6 Å². The van der Waals surface area contributed by atoms with Crippen LogP contribution in [0.1, 0.15) is 0 Å². The van der Waals surface area contributed by atoms with Crippen molar-refractivity contribution in [1.29, 1.82) is 0 Å². The van der Waals surface area contributed by atoms with E-state index in [4.69, 9.17) is 24.5 Å². The Hall–Kier alpha value is -0.970. The predicted molar refractivity (Wildman–Crippen MR) is 64.5 cm³/mol. The second-order valence-corrected chi connectivity index (χ2v) is 4.24. The molecular formula is C10H19N3O7. The fraction of sp³-hybridized carbons (Fsp3) is 1.00. The Labute approximate surface area is 115 Å². The summed E-state index contributed by atoms with van der Waals surface area (Å²) in [7, 11) is 2.77. The first-order chi connectivity index (χ1) is 9.58. The van der Waals surface area contributed by atoms with Gasteiger partial charge in [-0.1, -0.05) is 5.11 Å². The monoisotopic (exact) mass is 293 g/mol. The Morgan fingerprint density at radius 3 is 1.90 bits per heavy atom. The molecule has 10 nitrogen and oxygen atoms in total. The zero-order chi connectivity index (χ0) is 15.1. The second-order valence-electron chi connectivity index (χ2n) is 4.24. The zero-order valence-electron chi connectivity index (χ0n) is 11.2. The zero-order valence-corrected chi connectivity index (χ0v) is 11.2. The van der Waals surface area contributed by atoms with Crippen molar-refractivity contribution in [2.45, 2.75) is 36.6 Å². The number of aliphatic hydroxyl groups is 3. The van der Waals surface area contributed by atoms with Crippen molar-refractivity contribution in [2.24, 2.45) is 5.11 Å². The third-order valence-corrected chi connectivity index (χ3v) is 2.99. The van der Waals surface area contributed by atoms with Crippen LogP contribution in [0.3, 0.4) is 0 Å². The number of azide groups is 1. The summed E-state index contributed by atoms with van der Waals surface area (Å²) in [6.45, 7) is -0.333. The van der Waals surface area contributed by atoms with E-state index in [0.717, 1.165) is 0 Å². The van der Waals surface area contributed by atoms with Crippen molar-refractivity contribution < 1.29 is 34.3 Å². The van der Waals surface area contributed by atoms with E-state index in [9.17, 15) is 15.3 Å². The summed E-state index contributed by atoms with van der Waals surface area (Å²) in [5, 5.41) is 33.3. The fourth-order valence-electron chi connectivity index (χ4n) is 2.06. The Kier molecular flexibility index (Phi) is 7.13. The molecule has 1 aliphatic rings. The Morgan fingerprint density at radius 1 is 0.950 bits per heavy atom. The van der Waals surface area contributed by atoms with Crippen LogP contribution in [-0.4, -0.2) is 79.7 Å². The van der Waals surface area contributed by atoms with Gasteiger partial charge in [-0.2, -0.15) is 0 Å². The van der Waals surface area contributed by atoms with Gasteiger partial charge in [0.05, 0.1) is 18.2 Å². The number of hydrogen-bond acceptors (Lipinski definition) is 8. The van der Waals surface area contributed by atoms with Gasteiger partial charge in [0.25, 0.3) is 0 Å². The van der Waals surface area contributed by atoms with Crippen molar-refractivity contribution in [3.8, 4) is 0 Å². The molecule has 0 saturated heterocycles. The van der Waals surface area contributed by atoms with Gasteiger partial charge in [-0.25, -0.2) is 0 Å². The Balaban J connectivity index is 2.92. The molecule has 1 saturated carbocycles. The van der Waals surface area contributed by atoms with Crippen molar-refractivity contribution >= 4 is 0 Å². The summed E-state index contributed by atoms with van der Waals surface area (Å²) in [5.41, 5.74) is 8.45. The summed E-state index contributed by atoms with van der Waals surface area (Å²) in [6.07, 6.45) is -6.35. The highest BCUT2D eigenvalue weighted by atomic mass is 16.7. The highest BCUT2D eigenvalue weighted by Gasteiger charge is 2.50. The van der Waals surface area contributed by atoms with E-state index in [1.54, 1.807) is 0 Å². The molecule has 10 heteroatoms. The maximum absolute atomic E-state index is 10.1.